The molecule has 3 rings (SSSR count). The first-order valence-electron chi connectivity index (χ1n) is 6.55. The molecule has 1 unspecified atom stereocenters. The predicted octanol–water partition coefficient (Wildman–Crippen LogP) is 2.28. The highest BCUT2D eigenvalue weighted by Gasteiger charge is 2.30. The lowest BCUT2D eigenvalue weighted by Gasteiger charge is -2.21. The largest absolute Gasteiger partial charge is 0.480 e. The monoisotopic (exact) mass is 256 g/mol. The lowest BCUT2D eigenvalue weighted by molar-refractivity contribution is -0.142. The molecule has 1 N–H and O–H groups in total. The number of aromatic nitrogens is 1. The predicted molar refractivity (Wildman–Crippen MR) is 72.8 cm³/mol. The number of carbonyl (C=O) groups is 1. The van der Waals surface area contributed by atoms with Crippen LogP contribution in [0.2, 0.25) is 0 Å². The lowest BCUT2D eigenvalue weighted by atomic mass is 10.1. The van der Waals surface area contributed by atoms with E-state index < -0.39 is 5.97 Å². The van der Waals surface area contributed by atoms with E-state index >= 15 is 0 Å². The van der Waals surface area contributed by atoms with Gasteiger partial charge in [0.15, 0.2) is 0 Å². The minimum atomic E-state index is -0.717. The second kappa shape index (κ2) is 4.97. The third-order valence-electron chi connectivity index (χ3n) is 3.74. The molecule has 0 spiro atoms. The highest BCUT2D eigenvalue weighted by Crippen LogP contribution is 2.23. The maximum absolute atomic E-state index is 11.2. The molecular formula is C15H16N2O2. The fourth-order valence-corrected chi connectivity index (χ4v) is 2.81. The normalized spacial score (nSPS) is 19.9. The molecule has 0 bridgehead atoms. The number of para-hydroxylation sites is 1. The van der Waals surface area contributed by atoms with Crippen molar-refractivity contribution >= 4 is 16.9 Å². The van der Waals surface area contributed by atoms with E-state index in [1.807, 2.05) is 35.2 Å². The average molecular weight is 256 g/mol. The van der Waals surface area contributed by atoms with E-state index in [0.29, 0.717) is 6.54 Å². The van der Waals surface area contributed by atoms with Gasteiger partial charge in [-0.1, -0.05) is 24.3 Å². The van der Waals surface area contributed by atoms with Crippen molar-refractivity contribution in [2.24, 2.45) is 0 Å². The maximum Gasteiger partial charge on any atom is 0.320 e. The molecule has 1 atom stereocenters. The van der Waals surface area contributed by atoms with Gasteiger partial charge in [0.05, 0.1) is 5.52 Å². The van der Waals surface area contributed by atoms with Crippen LogP contribution in [0, 0.1) is 0 Å². The molecule has 2 heterocycles. The third kappa shape index (κ3) is 2.31. The first-order valence-corrected chi connectivity index (χ1v) is 6.55. The molecule has 19 heavy (non-hydrogen) atoms. The van der Waals surface area contributed by atoms with Gasteiger partial charge >= 0.3 is 5.97 Å². The van der Waals surface area contributed by atoms with Gasteiger partial charge in [0.25, 0.3) is 0 Å². The highest BCUT2D eigenvalue weighted by atomic mass is 16.4. The number of carboxylic acid groups (broad SMARTS) is 1. The zero-order chi connectivity index (χ0) is 13.2. The Kier molecular flexibility index (Phi) is 3.17. The molecule has 1 fully saturated rings. The Morgan fingerprint density at radius 2 is 2.21 bits per heavy atom. The fraction of sp³-hybridized carbons (Fsp3) is 0.333. The number of carboxylic acids is 1. The van der Waals surface area contributed by atoms with Gasteiger partial charge in [0, 0.05) is 18.1 Å². The zero-order valence-corrected chi connectivity index (χ0v) is 10.6. The number of likely N-dealkylation sites (tertiary alicyclic amines) is 1. The molecule has 0 aliphatic carbocycles. The van der Waals surface area contributed by atoms with Crippen LogP contribution in [0.5, 0.6) is 0 Å². The van der Waals surface area contributed by atoms with Crippen molar-refractivity contribution in [1.82, 2.24) is 9.88 Å². The van der Waals surface area contributed by atoms with Crippen LogP contribution in [0.1, 0.15) is 18.4 Å². The van der Waals surface area contributed by atoms with Crippen LogP contribution in [-0.2, 0) is 11.3 Å². The van der Waals surface area contributed by atoms with Crippen LogP contribution in [0.15, 0.2) is 36.5 Å². The van der Waals surface area contributed by atoms with E-state index in [9.17, 15) is 9.90 Å². The summed E-state index contributed by atoms with van der Waals surface area (Å²) in [6, 6.07) is 9.67. The van der Waals surface area contributed by atoms with E-state index in [1.165, 1.54) is 0 Å². The van der Waals surface area contributed by atoms with Crippen molar-refractivity contribution in [3.8, 4) is 0 Å². The molecule has 1 aromatic carbocycles. The van der Waals surface area contributed by atoms with Crippen LogP contribution in [-0.4, -0.2) is 33.5 Å². The summed E-state index contributed by atoms with van der Waals surface area (Å²) in [6.07, 6.45) is 3.48. The number of rotatable bonds is 3. The first-order chi connectivity index (χ1) is 9.25. The van der Waals surface area contributed by atoms with Crippen LogP contribution in [0.25, 0.3) is 10.9 Å². The summed E-state index contributed by atoms with van der Waals surface area (Å²) in [5.41, 5.74) is 2.08. The van der Waals surface area contributed by atoms with E-state index in [-0.39, 0.29) is 6.04 Å². The van der Waals surface area contributed by atoms with Gasteiger partial charge in [-0.05, 0) is 31.0 Å². The summed E-state index contributed by atoms with van der Waals surface area (Å²) in [4.78, 5) is 17.7. The molecule has 0 saturated carbocycles. The number of fused-ring (bicyclic) bond motifs is 1. The number of nitrogens with zero attached hydrogens (tertiary/aromatic N) is 2. The molecule has 4 heteroatoms. The molecule has 1 aromatic heterocycles. The van der Waals surface area contributed by atoms with Crippen molar-refractivity contribution in [2.45, 2.75) is 25.4 Å². The molecule has 98 valence electrons. The fourth-order valence-electron chi connectivity index (χ4n) is 2.81. The van der Waals surface area contributed by atoms with Gasteiger partial charge in [0.2, 0.25) is 0 Å². The molecule has 2 aromatic rings. The van der Waals surface area contributed by atoms with Crippen molar-refractivity contribution in [3.05, 3.63) is 42.1 Å². The minimum Gasteiger partial charge on any atom is -0.480 e. The molecular weight excluding hydrogens is 240 g/mol. The SMILES string of the molecule is O=C(O)C1CCCN1Cc1cccc2cccnc12. The Bertz CT molecular complexity index is 607. The van der Waals surface area contributed by atoms with Crippen LogP contribution in [0.4, 0.5) is 0 Å². The van der Waals surface area contributed by atoms with Crippen LogP contribution in [0.3, 0.4) is 0 Å². The van der Waals surface area contributed by atoms with Gasteiger partial charge in [-0.25, -0.2) is 0 Å². The van der Waals surface area contributed by atoms with Crippen molar-refractivity contribution in [3.63, 3.8) is 0 Å². The minimum absolute atomic E-state index is 0.348. The Hall–Kier alpha value is -1.94. The van der Waals surface area contributed by atoms with Gasteiger partial charge < -0.3 is 5.11 Å². The summed E-state index contributed by atoms with van der Waals surface area (Å²) in [7, 11) is 0. The van der Waals surface area contributed by atoms with Crippen LogP contribution >= 0.6 is 0 Å². The Morgan fingerprint density at radius 1 is 1.37 bits per heavy atom. The number of benzene rings is 1. The lowest BCUT2D eigenvalue weighted by Crippen LogP contribution is -2.35. The van der Waals surface area contributed by atoms with E-state index in [2.05, 4.69) is 4.98 Å². The Balaban J connectivity index is 1.91. The topological polar surface area (TPSA) is 53.4 Å². The molecule has 0 amide bonds. The second-order valence-electron chi connectivity index (χ2n) is 4.96. The quantitative estimate of drug-likeness (QED) is 0.915. The first kappa shape index (κ1) is 12.1. The molecule has 1 aliphatic heterocycles. The summed E-state index contributed by atoms with van der Waals surface area (Å²) in [5, 5.41) is 10.3. The highest BCUT2D eigenvalue weighted by molar-refractivity contribution is 5.81. The number of aliphatic carboxylic acids is 1. The average Bonchev–Trinajstić information content (AvgIpc) is 2.87. The number of hydrogen-bond acceptors (Lipinski definition) is 3. The van der Waals surface area contributed by atoms with E-state index in [0.717, 1.165) is 35.9 Å². The van der Waals surface area contributed by atoms with Crippen LogP contribution < -0.4 is 0 Å². The van der Waals surface area contributed by atoms with Crippen molar-refractivity contribution in [1.29, 1.82) is 0 Å². The molecule has 1 aliphatic rings. The molecule has 0 radical (unpaired) electrons. The van der Waals surface area contributed by atoms with E-state index in [4.69, 9.17) is 0 Å². The number of pyridine rings is 1. The van der Waals surface area contributed by atoms with Gasteiger partial charge in [-0.2, -0.15) is 0 Å². The zero-order valence-electron chi connectivity index (χ0n) is 10.6. The van der Waals surface area contributed by atoms with Crippen molar-refractivity contribution in [2.75, 3.05) is 6.54 Å². The Morgan fingerprint density at radius 3 is 3.05 bits per heavy atom. The summed E-state index contributed by atoms with van der Waals surface area (Å²) in [6.45, 7) is 1.51. The standard InChI is InChI=1S/C15H16N2O2/c18-15(19)13-7-3-9-17(13)10-12-5-1-4-11-6-2-8-16-14(11)12/h1-2,4-6,8,13H,3,7,9-10H2,(H,18,19). The second-order valence-corrected chi connectivity index (χ2v) is 4.96. The van der Waals surface area contributed by atoms with Gasteiger partial charge in [0.1, 0.15) is 6.04 Å². The Labute approximate surface area is 111 Å². The van der Waals surface area contributed by atoms with Crippen molar-refractivity contribution < 1.29 is 9.90 Å². The maximum atomic E-state index is 11.2. The summed E-state index contributed by atoms with van der Waals surface area (Å²) >= 11 is 0. The summed E-state index contributed by atoms with van der Waals surface area (Å²) in [5.74, 6) is -0.717. The number of hydrogen-bond donors (Lipinski definition) is 1. The molecule has 1 saturated heterocycles. The molecule has 4 nitrogen and oxygen atoms in total. The smallest absolute Gasteiger partial charge is 0.320 e. The van der Waals surface area contributed by atoms with Gasteiger partial charge in [-0.3, -0.25) is 14.7 Å². The third-order valence-corrected chi connectivity index (χ3v) is 3.74. The van der Waals surface area contributed by atoms with E-state index in [1.54, 1.807) is 6.20 Å². The van der Waals surface area contributed by atoms with Gasteiger partial charge in [-0.15, -0.1) is 0 Å². The summed E-state index contributed by atoms with van der Waals surface area (Å²) < 4.78 is 0.